The Kier molecular flexibility index (Phi) is 4.62. The number of aromatic nitrogens is 4. The van der Waals surface area contributed by atoms with E-state index < -0.39 is 0 Å². The van der Waals surface area contributed by atoms with E-state index in [1.165, 1.54) is 17.7 Å². The maximum Gasteiger partial charge on any atom is 0.234 e. The first-order chi connectivity index (χ1) is 12.7. The van der Waals surface area contributed by atoms with Crippen molar-refractivity contribution in [1.82, 2.24) is 19.8 Å². The molecule has 0 aliphatic rings. The van der Waals surface area contributed by atoms with Crippen molar-refractivity contribution in [2.24, 2.45) is 0 Å². The van der Waals surface area contributed by atoms with Crippen molar-refractivity contribution >= 4 is 16.3 Å². The SMILES string of the molecule is CC[C@H](c1ccccc1)c1nn2c(COc3ccc(F)cc3)nnc2s1. The predicted octanol–water partition coefficient (Wildman–Crippen LogP) is 4.45. The fraction of sp³-hybridized carbons (Fsp3) is 0.211. The molecule has 0 saturated heterocycles. The Morgan fingerprint density at radius 3 is 2.58 bits per heavy atom. The number of benzene rings is 2. The van der Waals surface area contributed by atoms with Crippen molar-refractivity contribution in [2.45, 2.75) is 25.9 Å². The van der Waals surface area contributed by atoms with Gasteiger partial charge in [0.2, 0.25) is 4.96 Å². The van der Waals surface area contributed by atoms with E-state index in [4.69, 9.17) is 9.84 Å². The van der Waals surface area contributed by atoms with E-state index >= 15 is 0 Å². The first-order valence-corrected chi connectivity index (χ1v) is 9.20. The highest BCUT2D eigenvalue weighted by molar-refractivity contribution is 7.16. The molecule has 0 amide bonds. The minimum Gasteiger partial charge on any atom is -0.486 e. The number of hydrogen-bond donors (Lipinski definition) is 0. The van der Waals surface area contributed by atoms with E-state index in [-0.39, 0.29) is 18.3 Å². The van der Waals surface area contributed by atoms with E-state index in [9.17, 15) is 4.39 Å². The van der Waals surface area contributed by atoms with Crippen LogP contribution in [0.15, 0.2) is 54.6 Å². The normalized spacial score (nSPS) is 12.4. The van der Waals surface area contributed by atoms with Gasteiger partial charge in [0.15, 0.2) is 5.82 Å². The number of nitrogens with zero attached hydrogens (tertiary/aromatic N) is 4. The monoisotopic (exact) mass is 368 g/mol. The average molecular weight is 368 g/mol. The lowest BCUT2D eigenvalue weighted by Gasteiger charge is -2.11. The summed E-state index contributed by atoms with van der Waals surface area (Å²) in [5.41, 5.74) is 1.24. The van der Waals surface area contributed by atoms with Crippen molar-refractivity contribution in [3.63, 3.8) is 0 Å². The largest absolute Gasteiger partial charge is 0.486 e. The smallest absolute Gasteiger partial charge is 0.234 e. The van der Waals surface area contributed by atoms with E-state index in [1.807, 2.05) is 18.2 Å². The highest BCUT2D eigenvalue weighted by Crippen LogP contribution is 2.31. The van der Waals surface area contributed by atoms with Crippen LogP contribution in [0, 0.1) is 5.82 Å². The molecule has 0 radical (unpaired) electrons. The van der Waals surface area contributed by atoms with Gasteiger partial charge in [-0.15, -0.1) is 10.2 Å². The number of hydrogen-bond acceptors (Lipinski definition) is 5. The Bertz CT molecular complexity index is 997. The van der Waals surface area contributed by atoms with Crippen molar-refractivity contribution in [3.8, 4) is 5.75 Å². The van der Waals surface area contributed by atoms with E-state index in [1.54, 1.807) is 28.0 Å². The lowest BCUT2D eigenvalue weighted by Crippen LogP contribution is -2.04. The molecule has 2 heterocycles. The van der Waals surface area contributed by atoms with Crippen LogP contribution in [0.1, 0.15) is 35.7 Å². The summed E-state index contributed by atoms with van der Waals surface area (Å²) in [7, 11) is 0. The molecule has 2 aromatic heterocycles. The summed E-state index contributed by atoms with van der Waals surface area (Å²) in [5, 5.41) is 14.1. The maximum absolute atomic E-state index is 13.0. The molecule has 0 fully saturated rings. The third-order valence-corrected chi connectivity index (χ3v) is 5.17. The zero-order chi connectivity index (χ0) is 17.9. The average Bonchev–Trinajstić information content (AvgIpc) is 3.24. The molecular formula is C19H17FN4OS. The Morgan fingerprint density at radius 1 is 1.08 bits per heavy atom. The first-order valence-electron chi connectivity index (χ1n) is 8.39. The molecule has 0 aliphatic carbocycles. The van der Waals surface area contributed by atoms with E-state index in [0.29, 0.717) is 11.6 Å². The molecule has 1 atom stereocenters. The third kappa shape index (κ3) is 3.30. The van der Waals surface area contributed by atoms with Crippen LogP contribution in [0.25, 0.3) is 4.96 Å². The Labute approximate surface area is 154 Å². The van der Waals surface area contributed by atoms with E-state index in [2.05, 4.69) is 29.3 Å². The van der Waals surface area contributed by atoms with Crippen LogP contribution in [0.5, 0.6) is 5.75 Å². The molecule has 132 valence electrons. The van der Waals surface area contributed by atoms with Crippen LogP contribution in [-0.2, 0) is 6.61 Å². The molecule has 5 nitrogen and oxygen atoms in total. The summed E-state index contributed by atoms with van der Waals surface area (Å²) in [4.78, 5) is 0.743. The quantitative estimate of drug-likeness (QED) is 0.505. The zero-order valence-corrected chi connectivity index (χ0v) is 15.0. The second-order valence-electron chi connectivity index (χ2n) is 5.87. The topological polar surface area (TPSA) is 52.3 Å². The molecule has 0 saturated carbocycles. The molecule has 2 aromatic carbocycles. The summed E-state index contributed by atoms with van der Waals surface area (Å²) in [6.07, 6.45) is 0.954. The summed E-state index contributed by atoms with van der Waals surface area (Å²) < 4.78 is 20.4. The molecular weight excluding hydrogens is 351 g/mol. The van der Waals surface area contributed by atoms with Crippen molar-refractivity contribution in [3.05, 3.63) is 76.8 Å². The highest BCUT2D eigenvalue weighted by atomic mass is 32.1. The van der Waals surface area contributed by atoms with Gasteiger partial charge in [0, 0.05) is 5.92 Å². The van der Waals surface area contributed by atoms with Gasteiger partial charge in [-0.2, -0.15) is 9.61 Å². The molecule has 4 rings (SSSR count). The number of fused-ring (bicyclic) bond motifs is 1. The molecule has 4 aromatic rings. The Hall–Kier alpha value is -2.80. The van der Waals surface area contributed by atoms with Crippen molar-refractivity contribution in [2.75, 3.05) is 0 Å². The number of halogens is 1. The lowest BCUT2D eigenvalue weighted by atomic mass is 9.97. The van der Waals surface area contributed by atoms with Gasteiger partial charge in [0.05, 0.1) is 0 Å². The van der Waals surface area contributed by atoms with Gasteiger partial charge in [-0.25, -0.2) is 4.39 Å². The van der Waals surface area contributed by atoms with Gasteiger partial charge in [-0.3, -0.25) is 0 Å². The molecule has 7 heteroatoms. The molecule has 26 heavy (non-hydrogen) atoms. The standard InChI is InChI=1S/C19H17FN4OS/c1-2-16(13-6-4-3-5-7-13)18-23-24-17(21-22-19(24)26-18)12-25-15-10-8-14(20)9-11-15/h3-11,16H,2,12H2,1H3/t16-/m1/s1. The van der Waals surface area contributed by atoms with Gasteiger partial charge in [-0.1, -0.05) is 48.6 Å². The Morgan fingerprint density at radius 2 is 1.85 bits per heavy atom. The highest BCUT2D eigenvalue weighted by Gasteiger charge is 2.19. The number of ether oxygens (including phenoxy) is 1. The predicted molar refractivity (Wildman–Crippen MR) is 98.0 cm³/mol. The fourth-order valence-corrected chi connectivity index (χ4v) is 3.89. The van der Waals surface area contributed by atoms with Gasteiger partial charge in [0.1, 0.15) is 23.2 Å². The van der Waals surface area contributed by atoms with Crippen LogP contribution >= 0.6 is 11.3 Å². The third-order valence-electron chi connectivity index (χ3n) is 4.16. The van der Waals surface area contributed by atoms with Gasteiger partial charge >= 0.3 is 0 Å². The number of rotatable bonds is 6. The van der Waals surface area contributed by atoms with Gasteiger partial charge < -0.3 is 4.74 Å². The lowest BCUT2D eigenvalue weighted by molar-refractivity contribution is 0.292. The molecule has 0 N–H and O–H groups in total. The van der Waals surface area contributed by atoms with E-state index in [0.717, 1.165) is 16.4 Å². The minimum atomic E-state index is -0.294. The molecule has 0 spiro atoms. The second-order valence-corrected chi connectivity index (χ2v) is 6.85. The maximum atomic E-state index is 13.0. The van der Waals surface area contributed by atoms with Crippen LogP contribution in [0.3, 0.4) is 0 Å². The van der Waals surface area contributed by atoms with Crippen LogP contribution in [0.4, 0.5) is 4.39 Å². The summed E-state index contributed by atoms with van der Waals surface area (Å²) in [6, 6.07) is 16.2. The van der Waals surface area contributed by atoms with Crippen LogP contribution in [-0.4, -0.2) is 19.8 Å². The van der Waals surface area contributed by atoms with Crippen LogP contribution in [0.2, 0.25) is 0 Å². The van der Waals surface area contributed by atoms with Gasteiger partial charge in [0.25, 0.3) is 0 Å². The van der Waals surface area contributed by atoms with Crippen molar-refractivity contribution < 1.29 is 9.13 Å². The summed E-state index contributed by atoms with van der Waals surface area (Å²) in [6.45, 7) is 2.37. The first kappa shape index (κ1) is 16.7. The summed E-state index contributed by atoms with van der Waals surface area (Å²) >= 11 is 1.54. The molecule has 0 bridgehead atoms. The molecule has 0 unspecified atom stereocenters. The Balaban J connectivity index is 1.57. The van der Waals surface area contributed by atoms with Crippen LogP contribution < -0.4 is 4.74 Å². The fourth-order valence-electron chi connectivity index (χ4n) is 2.82. The minimum absolute atomic E-state index is 0.220. The molecule has 0 aliphatic heterocycles. The van der Waals surface area contributed by atoms with Gasteiger partial charge in [-0.05, 0) is 36.2 Å². The van der Waals surface area contributed by atoms with Crippen molar-refractivity contribution in [1.29, 1.82) is 0 Å². The second kappa shape index (κ2) is 7.21. The summed E-state index contributed by atoms with van der Waals surface area (Å²) in [5.74, 6) is 1.13. The zero-order valence-electron chi connectivity index (χ0n) is 14.2.